The van der Waals surface area contributed by atoms with Crippen molar-refractivity contribution in [2.45, 2.75) is 57.2 Å². The lowest BCUT2D eigenvalue weighted by molar-refractivity contribution is -0.137. The van der Waals surface area contributed by atoms with Gasteiger partial charge in [0.2, 0.25) is 11.7 Å². The monoisotopic (exact) mass is 726 g/mol. The molecule has 2 aliphatic rings. The van der Waals surface area contributed by atoms with Crippen molar-refractivity contribution in [3.63, 3.8) is 0 Å². The number of aromatic nitrogens is 2. The van der Waals surface area contributed by atoms with Gasteiger partial charge >= 0.3 is 0 Å². The summed E-state index contributed by atoms with van der Waals surface area (Å²) < 4.78 is 32.4. The number of hydrogen-bond acceptors (Lipinski definition) is 8. The van der Waals surface area contributed by atoms with Crippen LogP contribution in [0.3, 0.4) is 0 Å². The summed E-state index contributed by atoms with van der Waals surface area (Å²) in [6.07, 6.45) is 4.28. The standard InChI is InChI=1S/C41H47FN4O5S/c1-49-35-25-30(26-36(50-2)37(35)51-3)27-45-23-17-40(39(45)47,15-14-32-7-6-24-52-32)16-20-44-21-18-41(48,19-22-44)38-43-33-8-4-5-9-34(33)46(38)28-29-10-12-31(42)13-11-29/h4-13,24-26,48H,14-23,27-28H2,1-3H3. The van der Waals surface area contributed by atoms with Crippen LogP contribution in [0.2, 0.25) is 0 Å². The Morgan fingerprint density at radius 3 is 2.25 bits per heavy atom. The predicted octanol–water partition coefficient (Wildman–Crippen LogP) is 7.04. The van der Waals surface area contributed by atoms with E-state index in [0.29, 0.717) is 68.6 Å². The minimum atomic E-state index is -1.10. The van der Waals surface area contributed by atoms with Crippen molar-refractivity contribution in [3.8, 4) is 17.2 Å². The Kier molecular flexibility index (Phi) is 10.5. The second-order valence-electron chi connectivity index (χ2n) is 14.1. The molecule has 0 spiro atoms. The maximum atomic E-state index is 14.4. The van der Waals surface area contributed by atoms with Crippen LogP contribution in [0.1, 0.15) is 53.9 Å². The molecule has 3 aromatic carbocycles. The van der Waals surface area contributed by atoms with Crippen LogP contribution in [-0.4, -0.2) is 77.9 Å². The number of ether oxygens (including phenoxy) is 3. The normalized spacial score (nSPS) is 19.0. The molecule has 2 fully saturated rings. The molecule has 274 valence electrons. The summed E-state index contributed by atoms with van der Waals surface area (Å²) in [5.41, 5.74) is 2.08. The van der Waals surface area contributed by atoms with Crippen LogP contribution in [0.5, 0.6) is 17.2 Å². The van der Waals surface area contributed by atoms with Crippen LogP contribution in [0.4, 0.5) is 4.39 Å². The summed E-state index contributed by atoms with van der Waals surface area (Å²) in [6.45, 7) is 3.80. The van der Waals surface area contributed by atoms with Gasteiger partial charge in [0.25, 0.3) is 0 Å². The molecule has 0 aliphatic carbocycles. The van der Waals surface area contributed by atoms with Crippen LogP contribution in [-0.2, 0) is 29.9 Å². The molecule has 11 heteroatoms. The number of aryl methyl sites for hydroxylation is 1. The number of imidazole rings is 1. The molecule has 1 atom stereocenters. The number of aliphatic hydroxyl groups is 1. The number of amides is 1. The third-order valence-electron chi connectivity index (χ3n) is 11.0. The van der Waals surface area contributed by atoms with E-state index in [2.05, 4.69) is 27.0 Å². The summed E-state index contributed by atoms with van der Waals surface area (Å²) in [4.78, 5) is 25.0. The van der Waals surface area contributed by atoms with Crippen LogP contribution in [0.25, 0.3) is 11.0 Å². The smallest absolute Gasteiger partial charge is 0.229 e. The second kappa shape index (κ2) is 15.3. The number of fused-ring (bicyclic) bond motifs is 1. The fourth-order valence-corrected chi connectivity index (χ4v) is 8.71. The largest absolute Gasteiger partial charge is 0.493 e. The number of piperidine rings is 1. The Labute approximate surface area is 308 Å². The van der Waals surface area contributed by atoms with Gasteiger partial charge in [0.05, 0.1) is 37.8 Å². The molecule has 1 amide bonds. The van der Waals surface area contributed by atoms with Gasteiger partial charge in [0, 0.05) is 37.6 Å². The van der Waals surface area contributed by atoms with Crippen molar-refractivity contribution < 1.29 is 28.5 Å². The first-order chi connectivity index (χ1) is 25.2. The summed E-state index contributed by atoms with van der Waals surface area (Å²) in [5.74, 6) is 2.25. The number of carbonyl (C=O) groups is 1. The topological polar surface area (TPSA) is 89.3 Å². The first-order valence-corrected chi connectivity index (χ1v) is 18.9. The van der Waals surface area contributed by atoms with E-state index in [9.17, 15) is 14.3 Å². The van der Waals surface area contributed by atoms with Gasteiger partial charge in [-0.15, -0.1) is 11.3 Å². The number of benzene rings is 3. The van der Waals surface area contributed by atoms with E-state index in [1.807, 2.05) is 41.3 Å². The number of methoxy groups -OCH3 is 3. The summed E-state index contributed by atoms with van der Waals surface area (Å²) in [5, 5.41) is 14.2. The van der Waals surface area contributed by atoms with Gasteiger partial charge in [-0.1, -0.05) is 30.3 Å². The molecule has 0 radical (unpaired) electrons. The zero-order valence-corrected chi connectivity index (χ0v) is 31.0. The van der Waals surface area contributed by atoms with Gasteiger partial charge in [0.1, 0.15) is 17.2 Å². The molecule has 1 N–H and O–H groups in total. The average molecular weight is 727 g/mol. The average Bonchev–Trinajstić information content (AvgIpc) is 3.90. The summed E-state index contributed by atoms with van der Waals surface area (Å²) in [6, 6.07) is 22.5. The van der Waals surface area contributed by atoms with Crippen LogP contribution in [0, 0.1) is 11.2 Å². The minimum absolute atomic E-state index is 0.195. The molecule has 0 bridgehead atoms. The van der Waals surface area contributed by atoms with Crippen molar-refractivity contribution in [1.82, 2.24) is 19.4 Å². The number of rotatable bonds is 14. The highest BCUT2D eigenvalue weighted by Crippen LogP contribution is 2.44. The Morgan fingerprint density at radius 1 is 0.846 bits per heavy atom. The molecule has 2 aromatic heterocycles. The zero-order valence-electron chi connectivity index (χ0n) is 30.1. The highest BCUT2D eigenvalue weighted by molar-refractivity contribution is 7.09. The second-order valence-corrected chi connectivity index (χ2v) is 15.2. The SMILES string of the molecule is COc1cc(CN2CCC(CCc3cccs3)(CCN3CCC(O)(c4nc5ccccc5n4Cc4ccc(F)cc4)CC3)C2=O)cc(OC)c1OC. The van der Waals surface area contributed by atoms with Crippen molar-refractivity contribution in [3.05, 3.63) is 106 Å². The first kappa shape index (κ1) is 35.9. The lowest BCUT2D eigenvalue weighted by Crippen LogP contribution is -2.45. The number of para-hydroxylation sites is 2. The number of thiophene rings is 1. The van der Waals surface area contributed by atoms with E-state index in [1.54, 1.807) is 44.8 Å². The van der Waals surface area contributed by atoms with Crippen LogP contribution < -0.4 is 14.2 Å². The maximum absolute atomic E-state index is 14.4. The lowest BCUT2D eigenvalue weighted by Gasteiger charge is -2.39. The molecular formula is C41H47FN4O5S. The molecule has 5 aromatic rings. The molecule has 1 unspecified atom stereocenters. The number of hydrogen-bond donors (Lipinski definition) is 1. The Morgan fingerprint density at radius 2 is 1.58 bits per heavy atom. The fourth-order valence-electron chi connectivity index (χ4n) is 8.00. The molecule has 0 saturated carbocycles. The van der Waals surface area contributed by atoms with Gasteiger partial charge < -0.3 is 33.7 Å². The number of halogens is 1. The molecule has 2 saturated heterocycles. The molecule has 2 aliphatic heterocycles. The number of carbonyl (C=O) groups excluding carboxylic acids is 1. The van der Waals surface area contributed by atoms with Gasteiger partial charge in [-0.3, -0.25) is 4.79 Å². The highest BCUT2D eigenvalue weighted by Gasteiger charge is 2.47. The molecule has 9 nitrogen and oxygen atoms in total. The molecule has 4 heterocycles. The van der Waals surface area contributed by atoms with E-state index in [1.165, 1.54) is 17.0 Å². The van der Waals surface area contributed by atoms with Crippen LogP contribution in [0.15, 0.2) is 78.2 Å². The van der Waals surface area contributed by atoms with E-state index in [4.69, 9.17) is 19.2 Å². The summed E-state index contributed by atoms with van der Waals surface area (Å²) >= 11 is 1.74. The Balaban J connectivity index is 1.06. The predicted molar refractivity (Wildman–Crippen MR) is 201 cm³/mol. The van der Waals surface area contributed by atoms with Gasteiger partial charge in [-0.25, -0.2) is 9.37 Å². The minimum Gasteiger partial charge on any atom is -0.493 e. The quantitative estimate of drug-likeness (QED) is 0.131. The van der Waals surface area contributed by atoms with Crippen molar-refractivity contribution in [2.75, 3.05) is 47.5 Å². The number of likely N-dealkylation sites (tertiary alicyclic amines) is 2. The third kappa shape index (κ3) is 7.27. The summed E-state index contributed by atoms with van der Waals surface area (Å²) in [7, 11) is 4.79. The fraction of sp³-hybridized carbons (Fsp3) is 0.415. The van der Waals surface area contributed by atoms with E-state index in [0.717, 1.165) is 54.4 Å². The van der Waals surface area contributed by atoms with Gasteiger partial charge in [-0.05, 0) is 104 Å². The lowest BCUT2D eigenvalue weighted by atomic mass is 9.78. The highest BCUT2D eigenvalue weighted by atomic mass is 32.1. The molecule has 7 rings (SSSR count). The van der Waals surface area contributed by atoms with Crippen molar-refractivity contribution >= 4 is 28.3 Å². The molecule has 52 heavy (non-hydrogen) atoms. The third-order valence-corrected chi connectivity index (χ3v) is 12.0. The van der Waals surface area contributed by atoms with E-state index in [-0.39, 0.29) is 11.7 Å². The zero-order chi connectivity index (χ0) is 36.3. The molecular weight excluding hydrogens is 680 g/mol. The van der Waals surface area contributed by atoms with Crippen molar-refractivity contribution in [2.24, 2.45) is 5.41 Å². The van der Waals surface area contributed by atoms with Crippen molar-refractivity contribution in [1.29, 1.82) is 0 Å². The maximum Gasteiger partial charge on any atom is 0.229 e. The van der Waals surface area contributed by atoms with Crippen LogP contribution >= 0.6 is 11.3 Å². The number of nitrogens with zero attached hydrogens (tertiary/aromatic N) is 4. The van der Waals surface area contributed by atoms with E-state index < -0.39 is 11.0 Å². The Hall–Kier alpha value is -4.45. The van der Waals surface area contributed by atoms with Gasteiger partial charge in [-0.2, -0.15) is 0 Å². The van der Waals surface area contributed by atoms with E-state index >= 15 is 0 Å². The van der Waals surface area contributed by atoms with Gasteiger partial charge in [0.15, 0.2) is 11.5 Å². The Bertz CT molecular complexity index is 1970. The first-order valence-electron chi connectivity index (χ1n) is 18.0.